The lowest BCUT2D eigenvalue weighted by molar-refractivity contribution is 0.283. The summed E-state index contributed by atoms with van der Waals surface area (Å²) in [6.07, 6.45) is 3.82. The minimum atomic E-state index is 0.245. The third-order valence-electron chi connectivity index (χ3n) is 2.02. The van der Waals surface area contributed by atoms with Gasteiger partial charge in [-0.2, -0.15) is 0 Å². The van der Waals surface area contributed by atoms with Crippen molar-refractivity contribution in [3.05, 3.63) is 0 Å². The Bertz CT molecular complexity index is 93.8. The molecule has 74 valence electrons. The highest BCUT2D eigenvalue weighted by Gasteiger charge is 2.00. The van der Waals surface area contributed by atoms with Crippen LogP contribution in [0.5, 0.6) is 0 Å². The first-order valence-electron chi connectivity index (χ1n) is 5.01. The van der Waals surface area contributed by atoms with Crippen LogP contribution in [0.3, 0.4) is 0 Å². The van der Waals surface area contributed by atoms with Gasteiger partial charge in [0.2, 0.25) is 0 Å². The summed E-state index contributed by atoms with van der Waals surface area (Å²) in [5, 5.41) is 11.8. The molecule has 12 heavy (non-hydrogen) atoms. The molecule has 0 rings (SSSR count). The molecule has 0 aliphatic heterocycles. The van der Waals surface area contributed by atoms with Gasteiger partial charge in [0, 0.05) is 12.6 Å². The summed E-state index contributed by atoms with van der Waals surface area (Å²) in [6.45, 7) is 7.66. The Balaban J connectivity index is 3.13. The quantitative estimate of drug-likeness (QED) is 0.615. The number of aliphatic hydroxyl groups excluding tert-OH is 1. The molecule has 0 radical (unpaired) electrons. The molecule has 1 atom stereocenters. The van der Waals surface area contributed by atoms with Crippen LogP contribution in [-0.2, 0) is 0 Å². The van der Waals surface area contributed by atoms with Crippen LogP contribution < -0.4 is 5.32 Å². The van der Waals surface area contributed by atoms with E-state index in [1.807, 2.05) is 0 Å². The summed E-state index contributed by atoms with van der Waals surface area (Å²) in [5.41, 5.74) is 0. The van der Waals surface area contributed by atoms with Crippen LogP contribution in [0.15, 0.2) is 0 Å². The Morgan fingerprint density at radius 2 is 1.83 bits per heavy atom. The largest absolute Gasteiger partial charge is 0.395 e. The molecule has 0 spiro atoms. The molecule has 2 nitrogen and oxygen atoms in total. The van der Waals surface area contributed by atoms with E-state index in [4.69, 9.17) is 5.11 Å². The van der Waals surface area contributed by atoms with Gasteiger partial charge in [-0.1, -0.05) is 26.7 Å². The van der Waals surface area contributed by atoms with Gasteiger partial charge in [-0.15, -0.1) is 0 Å². The second-order valence-corrected chi connectivity index (χ2v) is 3.90. The minimum Gasteiger partial charge on any atom is -0.395 e. The predicted octanol–water partition coefficient (Wildman–Crippen LogP) is 1.78. The third-order valence-corrected chi connectivity index (χ3v) is 2.02. The maximum atomic E-state index is 8.57. The molecule has 0 amide bonds. The summed E-state index contributed by atoms with van der Waals surface area (Å²) < 4.78 is 0. The zero-order chi connectivity index (χ0) is 9.40. The molecule has 2 heteroatoms. The van der Waals surface area contributed by atoms with Crippen molar-refractivity contribution < 1.29 is 5.11 Å². The lowest BCUT2D eigenvalue weighted by Crippen LogP contribution is -2.28. The number of aliphatic hydroxyl groups is 1. The Hall–Kier alpha value is -0.0800. The van der Waals surface area contributed by atoms with Crippen molar-refractivity contribution in [2.24, 2.45) is 5.92 Å². The number of nitrogens with one attached hydrogen (secondary N) is 1. The monoisotopic (exact) mass is 173 g/mol. The Morgan fingerprint density at radius 3 is 2.33 bits per heavy atom. The molecule has 0 aromatic rings. The molecular formula is C10H23NO. The van der Waals surface area contributed by atoms with Gasteiger partial charge in [-0.05, 0) is 19.3 Å². The normalized spacial score (nSPS) is 13.8. The lowest BCUT2D eigenvalue weighted by Gasteiger charge is -2.13. The summed E-state index contributed by atoms with van der Waals surface area (Å²) in [4.78, 5) is 0. The van der Waals surface area contributed by atoms with Gasteiger partial charge in [-0.25, -0.2) is 0 Å². The second kappa shape index (κ2) is 7.56. The van der Waals surface area contributed by atoms with E-state index in [9.17, 15) is 0 Å². The zero-order valence-corrected chi connectivity index (χ0v) is 8.64. The zero-order valence-electron chi connectivity index (χ0n) is 8.64. The van der Waals surface area contributed by atoms with Crippen molar-refractivity contribution in [3.63, 3.8) is 0 Å². The van der Waals surface area contributed by atoms with E-state index >= 15 is 0 Å². The molecule has 0 aliphatic carbocycles. The molecule has 0 aromatic heterocycles. The molecular weight excluding hydrogens is 150 g/mol. The van der Waals surface area contributed by atoms with Crippen molar-refractivity contribution in [2.45, 2.75) is 46.1 Å². The molecule has 0 aromatic carbocycles. The van der Waals surface area contributed by atoms with Gasteiger partial charge >= 0.3 is 0 Å². The average Bonchev–Trinajstić information content (AvgIpc) is 2.00. The smallest absolute Gasteiger partial charge is 0.0556 e. The van der Waals surface area contributed by atoms with Crippen molar-refractivity contribution in [2.75, 3.05) is 13.2 Å². The fourth-order valence-corrected chi connectivity index (χ4v) is 1.25. The highest BCUT2D eigenvalue weighted by Crippen LogP contribution is 2.07. The molecule has 0 fully saturated rings. The van der Waals surface area contributed by atoms with Gasteiger partial charge in [0.05, 0.1) is 6.61 Å². The van der Waals surface area contributed by atoms with E-state index < -0.39 is 0 Å². The van der Waals surface area contributed by atoms with Crippen molar-refractivity contribution in [3.8, 4) is 0 Å². The topological polar surface area (TPSA) is 32.3 Å². The summed E-state index contributed by atoms with van der Waals surface area (Å²) in [7, 11) is 0. The number of rotatable bonds is 7. The summed E-state index contributed by atoms with van der Waals surface area (Å²) in [5.74, 6) is 0.815. The Kier molecular flexibility index (Phi) is 7.51. The number of hydrogen-bond donors (Lipinski definition) is 2. The Morgan fingerprint density at radius 1 is 1.17 bits per heavy atom. The van der Waals surface area contributed by atoms with Crippen molar-refractivity contribution >= 4 is 0 Å². The maximum absolute atomic E-state index is 8.57. The van der Waals surface area contributed by atoms with Gasteiger partial charge in [-0.3, -0.25) is 0 Å². The van der Waals surface area contributed by atoms with E-state index in [0.29, 0.717) is 6.04 Å². The molecule has 0 aliphatic rings. The van der Waals surface area contributed by atoms with E-state index in [0.717, 1.165) is 12.5 Å². The molecule has 1 unspecified atom stereocenters. The van der Waals surface area contributed by atoms with E-state index in [1.54, 1.807) is 0 Å². The summed E-state index contributed by atoms with van der Waals surface area (Å²) >= 11 is 0. The van der Waals surface area contributed by atoms with E-state index in [-0.39, 0.29) is 6.61 Å². The molecule has 2 N–H and O–H groups in total. The predicted molar refractivity (Wildman–Crippen MR) is 53.2 cm³/mol. The minimum absolute atomic E-state index is 0.245. The van der Waals surface area contributed by atoms with Crippen LogP contribution >= 0.6 is 0 Å². The van der Waals surface area contributed by atoms with Crippen LogP contribution in [0.1, 0.15) is 40.0 Å². The average molecular weight is 173 g/mol. The van der Waals surface area contributed by atoms with Gasteiger partial charge in [0.25, 0.3) is 0 Å². The second-order valence-electron chi connectivity index (χ2n) is 3.90. The first-order chi connectivity index (χ1) is 5.66. The van der Waals surface area contributed by atoms with Gasteiger partial charge in [0.15, 0.2) is 0 Å². The molecule has 0 heterocycles. The number of hydrogen-bond acceptors (Lipinski definition) is 2. The highest BCUT2D eigenvalue weighted by atomic mass is 16.3. The van der Waals surface area contributed by atoms with Gasteiger partial charge in [0.1, 0.15) is 0 Å². The van der Waals surface area contributed by atoms with Crippen molar-refractivity contribution in [1.29, 1.82) is 0 Å². The summed E-state index contributed by atoms with van der Waals surface area (Å²) in [6, 6.07) is 0.552. The Labute approximate surface area is 76.4 Å². The van der Waals surface area contributed by atoms with Gasteiger partial charge < -0.3 is 10.4 Å². The van der Waals surface area contributed by atoms with Crippen LogP contribution in [0.4, 0.5) is 0 Å². The fraction of sp³-hybridized carbons (Fsp3) is 1.00. The van der Waals surface area contributed by atoms with Crippen molar-refractivity contribution in [1.82, 2.24) is 5.32 Å². The fourth-order valence-electron chi connectivity index (χ4n) is 1.25. The van der Waals surface area contributed by atoms with E-state index in [2.05, 4.69) is 26.1 Å². The highest BCUT2D eigenvalue weighted by molar-refractivity contribution is 4.60. The maximum Gasteiger partial charge on any atom is 0.0556 e. The SMILES string of the molecule is CC(C)CCCC(C)NCCO. The van der Waals surface area contributed by atoms with Crippen LogP contribution in [0.25, 0.3) is 0 Å². The third kappa shape index (κ3) is 8.02. The lowest BCUT2D eigenvalue weighted by atomic mass is 10.0. The van der Waals surface area contributed by atoms with Crippen LogP contribution in [0.2, 0.25) is 0 Å². The standard InChI is InChI=1S/C10H23NO/c1-9(2)5-4-6-10(3)11-7-8-12/h9-12H,4-8H2,1-3H3. The first kappa shape index (κ1) is 11.9. The van der Waals surface area contributed by atoms with Crippen LogP contribution in [-0.4, -0.2) is 24.3 Å². The molecule has 0 saturated carbocycles. The molecule has 0 saturated heterocycles. The molecule has 0 bridgehead atoms. The van der Waals surface area contributed by atoms with E-state index in [1.165, 1.54) is 19.3 Å². The van der Waals surface area contributed by atoms with Crippen LogP contribution in [0, 0.1) is 5.92 Å². The first-order valence-corrected chi connectivity index (χ1v) is 5.01.